The minimum absolute atomic E-state index is 0.0570. The summed E-state index contributed by atoms with van der Waals surface area (Å²) in [6.45, 7) is 5.49. The first-order chi connectivity index (χ1) is 10.5. The Morgan fingerprint density at radius 3 is 1.91 bits per heavy atom. The number of aromatic nitrogens is 1. The second-order valence-corrected chi connectivity index (χ2v) is 5.57. The summed E-state index contributed by atoms with van der Waals surface area (Å²) in [5.41, 5.74) is 1.41. The third-order valence-electron chi connectivity index (χ3n) is 3.32. The first-order valence-electron chi connectivity index (χ1n) is 7.28. The number of rotatable bonds is 5. The molecule has 0 spiro atoms. The monoisotopic (exact) mass is 299 g/mol. The third kappa shape index (κ3) is 3.97. The smallest absolute Gasteiger partial charge is 0.247 e. The van der Waals surface area contributed by atoms with Crippen molar-refractivity contribution in [3.8, 4) is 0 Å². The Labute approximate surface area is 130 Å². The molecule has 22 heavy (non-hydrogen) atoms. The molecule has 0 aliphatic carbocycles. The molecule has 0 aliphatic rings. The number of carbonyl (C=O) groups excluding carboxylic acids is 2. The van der Waals surface area contributed by atoms with Gasteiger partial charge in [0.2, 0.25) is 11.8 Å². The first kappa shape index (κ1) is 15.8. The molecule has 2 rings (SSSR count). The van der Waals surface area contributed by atoms with Gasteiger partial charge in [0.05, 0.1) is 0 Å². The van der Waals surface area contributed by atoms with Gasteiger partial charge in [0, 0.05) is 30.7 Å². The van der Waals surface area contributed by atoms with E-state index in [9.17, 15) is 9.59 Å². The number of hydrogen-bond donors (Lipinski definition) is 2. The van der Waals surface area contributed by atoms with Gasteiger partial charge in [0.1, 0.15) is 6.04 Å². The van der Waals surface area contributed by atoms with Gasteiger partial charge in [-0.3, -0.25) is 9.59 Å². The summed E-state index contributed by atoms with van der Waals surface area (Å²) in [5, 5.41) is 5.61. The van der Waals surface area contributed by atoms with E-state index in [0.29, 0.717) is 11.4 Å². The topological polar surface area (TPSA) is 63.1 Å². The van der Waals surface area contributed by atoms with Crippen molar-refractivity contribution in [2.45, 2.75) is 26.8 Å². The number of nitrogens with one attached hydrogen (secondary N) is 2. The minimum Gasteiger partial charge on any atom is -0.342 e. The lowest BCUT2D eigenvalue weighted by molar-refractivity contribution is -0.120. The molecule has 5 nitrogen and oxygen atoms in total. The second kappa shape index (κ2) is 6.93. The van der Waals surface area contributed by atoms with Crippen LogP contribution in [0.2, 0.25) is 0 Å². The minimum atomic E-state index is -0.259. The average Bonchev–Trinajstić information content (AvgIpc) is 2.94. The lowest BCUT2D eigenvalue weighted by Crippen LogP contribution is -2.29. The quantitative estimate of drug-likeness (QED) is 0.890. The maximum Gasteiger partial charge on any atom is 0.247 e. The fourth-order valence-corrected chi connectivity index (χ4v) is 2.37. The summed E-state index contributed by atoms with van der Waals surface area (Å²) >= 11 is 0. The number of amides is 2. The molecule has 116 valence electrons. The number of nitrogens with zero attached hydrogens (tertiary/aromatic N) is 1. The van der Waals surface area contributed by atoms with E-state index in [-0.39, 0.29) is 23.8 Å². The maximum absolute atomic E-state index is 12.5. The van der Waals surface area contributed by atoms with Crippen LogP contribution >= 0.6 is 0 Å². The molecule has 1 atom stereocenters. The van der Waals surface area contributed by atoms with Crippen molar-refractivity contribution >= 4 is 23.2 Å². The van der Waals surface area contributed by atoms with E-state index in [4.69, 9.17) is 0 Å². The van der Waals surface area contributed by atoms with Crippen LogP contribution in [0.4, 0.5) is 11.4 Å². The third-order valence-corrected chi connectivity index (χ3v) is 3.32. The Morgan fingerprint density at radius 2 is 1.45 bits per heavy atom. The van der Waals surface area contributed by atoms with Crippen LogP contribution in [0.25, 0.3) is 0 Å². The molecule has 5 heteroatoms. The van der Waals surface area contributed by atoms with E-state index < -0.39 is 0 Å². The average molecular weight is 299 g/mol. The van der Waals surface area contributed by atoms with Gasteiger partial charge in [-0.05, 0) is 42.3 Å². The number of hydrogen-bond acceptors (Lipinski definition) is 2. The van der Waals surface area contributed by atoms with E-state index in [2.05, 4.69) is 10.6 Å². The molecule has 0 radical (unpaired) electrons. The zero-order chi connectivity index (χ0) is 16.1. The van der Waals surface area contributed by atoms with Crippen LogP contribution in [0, 0.1) is 5.92 Å². The van der Waals surface area contributed by atoms with Crippen molar-refractivity contribution in [3.05, 3.63) is 48.8 Å². The maximum atomic E-state index is 12.5. The molecule has 0 bridgehead atoms. The summed E-state index contributed by atoms with van der Waals surface area (Å²) in [4.78, 5) is 23.5. The molecule has 2 amide bonds. The van der Waals surface area contributed by atoms with Crippen molar-refractivity contribution in [2.24, 2.45) is 5.92 Å². The zero-order valence-corrected chi connectivity index (χ0v) is 13.0. The second-order valence-electron chi connectivity index (χ2n) is 5.57. The molecule has 1 aromatic carbocycles. The lowest BCUT2D eigenvalue weighted by atomic mass is 10.0. The molecular weight excluding hydrogens is 278 g/mol. The molecule has 0 saturated heterocycles. The van der Waals surface area contributed by atoms with Crippen molar-refractivity contribution in [3.63, 3.8) is 0 Å². The van der Waals surface area contributed by atoms with Crippen molar-refractivity contribution in [1.82, 2.24) is 4.57 Å². The molecule has 1 heterocycles. The molecule has 0 aliphatic heterocycles. The van der Waals surface area contributed by atoms with Gasteiger partial charge >= 0.3 is 0 Å². The van der Waals surface area contributed by atoms with Crippen molar-refractivity contribution < 1.29 is 9.59 Å². The van der Waals surface area contributed by atoms with E-state index in [1.807, 2.05) is 42.9 Å². The summed E-state index contributed by atoms with van der Waals surface area (Å²) in [7, 11) is 0. The Bertz CT molecular complexity index is 630. The van der Waals surface area contributed by atoms with E-state index >= 15 is 0 Å². The summed E-state index contributed by atoms with van der Waals surface area (Å²) in [5.74, 6) is -0.00575. The van der Waals surface area contributed by atoms with Gasteiger partial charge in [-0.15, -0.1) is 0 Å². The predicted molar refractivity (Wildman–Crippen MR) is 87.7 cm³/mol. The predicted octanol–water partition coefficient (Wildman–Crippen LogP) is 3.28. The van der Waals surface area contributed by atoms with Crippen molar-refractivity contribution in [2.75, 3.05) is 10.6 Å². The fourth-order valence-electron chi connectivity index (χ4n) is 2.37. The molecular formula is C17H21N3O2. The Hall–Kier alpha value is -2.56. The first-order valence-corrected chi connectivity index (χ1v) is 7.28. The molecule has 1 aromatic heterocycles. The molecule has 2 aromatic rings. The van der Waals surface area contributed by atoms with E-state index in [0.717, 1.165) is 0 Å². The van der Waals surface area contributed by atoms with Gasteiger partial charge in [-0.2, -0.15) is 0 Å². The molecule has 0 saturated carbocycles. The number of benzene rings is 1. The van der Waals surface area contributed by atoms with Crippen molar-refractivity contribution in [1.29, 1.82) is 0 Å². The Balaban J connectivity index is 2.08. The molecule has 0 fully saturated rings. The normalized spacial score (nSPS) is 12.0. The molecule has 0 unspecified atom stereocenters. The van der Waals surface area contributed by atoms with Gasteiger partial charge in [0.25, 0.3) is 0 Å². The van der Waals surface area contributed by atoms with Crippen LogP contribution in [-0.4, -0.2) is 16.4 Å². The van der Waals surface area contributed by atoms with Gasteiger partial charge in [-0.25, -0.2) is 0 Å². The van der Waals surface area contributed by atoms with Crippen LogP contribution in [0.3, 0.4) is 0 Å². The highest BCUT2D eigenvalue weighted by Crippen LogP contribution is 2.21. The SMILES string of the molecule is CC(=O)Nc1ccc(NC(=O)[C@@H](C(C)C)n2cccc2)cc1. The van der Waals surface area contributed by atoms with Gasteiger partial charge < -0.3 is 15.2 Å². The Morgan fingerprint density at radius 1 is 0.955 bits per heavy atom. The van der Waals surface area contributed by atoms with Gasteiger partial charge in [0.15, 0.2) is 0 Å². The Kier molecular flexibility index (Phi) is 4.99. The van der Waals surface area contributed by atoms with Crippen LogP contribution in [0.15, 0.2) is 48.8 Å². The molecule has 2 N–H and O–H groups in total. The summed E-state index contributed by atoms with van der Waals surface area (Å²) < 4.78 is 1.91. The van der Waals surface area contributed by atoms with Crippen LogP contribution in [0.5, 0.6) is 0 Å². The van der Waals surface area contributed by atoms with Crippen LogP contribution in [-0.2, 0) is 9.59 Å². The summed E-state index contributed by atoms with van der Waals surface area (Å²) in [6.07, 6.45) is 3.79. The lowest BCUT2D eigenvalue weighted by Gasteiger charge is -2.22. The largest absolute Gasteiger partial charge is 0.342 e. The van der Waals surface area contributed by atoms with E-state index in [1.54, 1.807) is 24.3 Å². The highest BCUT2D eigenvalue weighted by Gasteiger charge is 2.23. The fraction of sp³-hybridized carbons (Fsp3) is 0.294. The van der Waals surface area contributed by atoms with Crippen LogP contribution in [0.1, 0.15) is 26.8 Å². The number of carbonyl (C=O) groups is 2. The zero-order valence-electron chi connectivity index (χ0n) is 13.0. The van der Waals surface area contributed by atoms with Gasteiger partial charge in [-0.1, -0.05) is 13.8 Å². The van der Waals surface area contributed by atoms with Crippen LogP contribution < -0.4 is 10.6 Å². The number of anilines is 2. The highest BCUT2D eigenvalue weighted by atomic mass is 16.2. The summed E-state index contributed by atoms with van der Waals surface area (Å²) in [6, 6.07) is 10.6. The standard InChI is InChI=1S/C17H21N3O2/c1-12(2)16(20-10-4-5-11-20)17(22)19-15-8-6-14(7-9-15)18-13(3)21/h4-12,16H,1-3H3,(H,18,21)(H,19,22)/t16-/m1/s1. The van der Waals surface area contributed by atoms with E-state index in [1.165, 1.54) is 6.92 Å². The highest BCUT2D eigenvalue weighted by molar-refractivity contribution is 5.94.